The van der Waals surface area contributed by atoms with Crippen molar-refractivity contribution in [3.8, 4) is 11.5 Å². The van der Waals surface area contributed by atoms with Gasteiger partial charge in [-0.1, -0.05) is 18.2 Å². The van der Waals surface area contributed by atoms with Gasteiger partial charge in [0.25, 0.3) is 0 Å². The summed E-state index contributed by atoms with van der Waals surface area (Å²) >= 11 is 0. The molecule has 0 amide bonds. The Hall–Kier alpha value is -2.95. The lowest BCUT2D eigenvalue weighted by molar-refractivity contribution is 0.340. The Morgan fingerprint density at radius 1 is 0.885 bits per heavy atom. The summed E-state index contributed by atoms with van der Waals surface area (Å²) in [5, 5.41) is 0.734. The van der Waals surface area contributed by atoms with E-state index in [1.807, 2.05) is 6.92 Å². The average Bonchev–Trinajstić information content (AvgIpc) is 2.68. The Kier molecular flexibility index (Phi) is 5.16. The molecule has 0 radical (unpaired) electrons. The van der Waals surface area contributed by atoms with Gasteiger partial charge in [0.05, 0.1) is 13.7 Å². The van der Waals surface area contributed by atoms with Crippen LogP contribution in [0.3, 0.4) is 0 Å². The Morgan fingerprint density at radius 3 is 2.19 bits per heavy atom. The van der Waals surface area contributed by atoms with Gasteiger partial charge in [-0.25, -0.2) is 13.2 Å². The van der Waals surface area contributed by atoms with E-state index in [2.05, 4.69) is 0 Å². The van der Waals surface area contributed by atoms with Crippen molar-refractivity contribution in [1.29, 1.82) is 0 Å². The van der Waals surface area contributed by atoms with Crippen molar-refractivity contribution < 1.29 is 22.6 Å². The number of hydrogen-bond acceptors (Lipinski definition) is 2. The maximum Gasteiger partial charge on any atom is 0.172 e. The van der Waals surface area contributed by atoms with Crippen LogP contribution < -0.4 is 9.47 Å². The largest absolute Gasteiger partial charge is 0.494 e. The molecular formula is C21H17F3O2. The maximum atomic E-state index is 14.6. The molecule has 0 aliphatic rings. The first-order chi connectivity index (χ1) is 12.5. The van der Waals surface area contributed by atoms with Crippen molar-refractivity contribution in [2.45, 2.75) is 6.92 Å². The van der Waals surface area contributed by atoms with Gasteiger partial charge < -0.3 is 9.47 Å². The van der Waals surface area contributed by atoms with Crippen LogP contribution in [0, 0.1) is 5.82 Å². The highest BCUT2D eigenvalue weighted by Crippen LogP contribution is 2.33. The van der Waals surface area contributed by atoms with E-state index in [-0.39, 0.29) is 22.3 Å². The maximum absolute atomic E-state index is 14.6. The van der Waals surface area contributed by atoms with Crippen molar-refractivity contribution >= 4 is 22.4 Å². The summed E-state index contributed by atoms with van der Waals surface area (Å²) in [6.45, 7) is 2.33. The number of methoxy groups -OCH3 is 1. The molecular weight excluding hydrogens is 341 g/mol. The molecule has 0 atom stereocenters. The summed E-state index contributed by atoms with van der Waals surface area (Å²) in [5.74, 6) is -1.84. The van der Waals surface area contributed by atoms with Gasteiger partial charge >= 0.3 is 0 Å². The van der Waals surface area contributed by atoms with Gasteiger partial charge in [0.15, 0.2) is 23.2 Å². The predicted octanol–water partition coefficient (Wildman–Crippen LogP) is 6.15. The van der Waals surface area contributed by atoms with E-state index in [1.54, 1.807) is 18.2 Å². The molecule has 0 bridgehead atoms. The molecule has 0 aromatic heterocycles. The van der Waals surface area contributed by atoms with Crippen LogP contribution in [0.5, 0.6) is 11.5 Å². The van der Waals surface area contributed by atoms with Crippen LogP contribution >= 0.6 is 0 Å². The molecule has 0 aliphatic heterocycles. The highest BCUT2D eigenvalue weighted by atomic mass is 19.2. The fourth-order valence-electron chi connectivity index (χ4n) is 2.68. The predicted molar refractivity (Wildman–Crippen MR) is 97.1 cm³/mol. The van der Waals surface area contributed by atoms with E-state index in [1.165, 1.54) is 43.5 Å². The third-order valence-electron chi connectivity index (χ3n) is 4.00. The summed E-state index contributed by atoms with van der Waals surface area (Å²) in [7, 11) is 1.37. The molecule has 0 saturated carbocycles. The van der Waals surface area contributed by atoms with Gasteiger partial charge in [-0.2, -0.15) is 0 Å². The SMILES string of the molecule is CCOc1ccc(C(F)=C(F)c2ccc3c(F)c(OC)ccc3c2)cc1. The molecule has 0 N–H and O–H groups in total. The molecule has 0 spiro atoms. The average molecular weight is 358 g/mol. The van der Waals surface area contributed by atoms with Crippen LogP contribution in [-0.2, 0) is 0 Å². The summed E-state index contributed by atoms with van der Waals surface area (Å²) in [4.78, 5) is 0. The first kappa shape index (κ1) is 17.9. The molecule has 134 valence electrons. The van der Waals surface area contributed by atoms with Crippen molar-refractivity contribution in [2.24, 2.45) is 0 Å². The molecule has 5 heteroatoms. The second-order valence-electron chi connectivity index (χ2n) is 5.60. The van der Waals surface area contributed by atoms with E-state index in [9.17, 15) is 13.2 Å². The number of hydrogen-bond donors (Lipinski definition) is 0. The molecule has 0 unspecified atom stereocenters. The number of fused-ring (bicyclic) bond motifs is 1. The van der Waals surface area contributed by atoms with Gasteiger partial charge in [-0.15, -0.1) is 0 Å². The van der Waals surface area contributed by atoms with Crippen LogP contribution in [0.4, 0.5) is 13.2 Å². The van der Waals surface area contributed by atoms with Gasteiger partial charge in [0.2, 0.25) is 0 Å². The molecule has 0 saturated heterocycles. The fraction of sp³-hybridized carbons (Fsp3) is 0.143. The highest BCUT2D eigenvalue weighted by molar-refractivity contribution is 5.91. The molecule has 3 rings (SSSR count). The lowest BCUT2D eigenvalue weighted by Crippen LogP contribution is -1.92. The number of rotatable bonds is 5. The van der Waals surface area contributed by atoms with Gasteiger partial charge in [0, 0.05) is 16.5 Å². The first-order valence-corrected chi connectivity index (χ1v) is 8.10. The normalized spacial score (nSPS) is 12.0. The van der Waals surface area contributed by atoms with Crippen molar-refractivity contribution in [1.82, 2.24) is 0 Å². The Bertz CT molecular complexity index is 963. The van der Waals surface area contributed by atoms with Crippen LogP contribution in [0.1, 0.15) is 18.1 Å². The minimum Gasteiger partial charge on any atom is -0.494 e. The highest BCUT2D eigenvalue weighted by Gasteiger charge is 2.14. The smallest absolute Gasteiger partial charge is 0.172 e. The van der Waals surface area contributed by atoms with Crippen LogP contribution in [0.15, 0.2) is 54.6 Å². The number of benzene rings is 3. The second kappa shape index (κ2) is 7.52. The van der Waals surface area contributed by atoms with Crippen LogP contribution in [0.2, 0.25) is 0 Å². The van der Waals surface area contributed by atoms with E-state index in [4.69, 9.17) is 9.47 Å². The molecule has 2 nitrogen and oxygen atoms in total. The minimum absolute atomic E-state index is 0.0356. The summed E-state index contributed by atoms with van der Waals surface area (Å²) in [6, 6.07) is 13.3. The second-order valence-corrected chi connectivity index (χ2v) is 5.60. The lowest BCUT2D eigenvalue weighted by Gasteiger charge is -2.08. The number of ether oxygens (including phenoxy) is 2. The molecule has 0 heterocycles. The van der Waals surface area contributed by atoms with Crippen molar-refractivity contribution in [3.63, 3.8) is 0 Å². The third kappa shape index (κ3) is 3.38. The minimum atomic E-state index is -1.01. The molecule has 0 aliphatic carbocycles. The third-order valence-corrected chi connectivity index (χ3v) is 4.00. The standard InChI is InChI=1S/C21H17F3O2/c1-3-26-16-8-4-13(5-9-16)19(22)20(23)15-6-10-17-14(12-15)7-11-18(25-2)21(17)24/h4-12H,3H2,1-2H3. The summed E-state index contributed by atoms with van der Waals surface area (Å²) in [5.41, 5.74) is 0.139. The van der Waals surface area contributed by atoms with Gasteiger partial charge in [-0.3, -0.25) is 0 Å². The quantitative estimate of drug-likeness (QED) is 0.509. The lowest BCUT2D eigenvalue weighted by atomic mass is 10.0. The van der Waals surface area contributed by atoms with Crippen LogP contribution in [0.25, 0.3) is 22.4 Å². The zero-order chi connectivity index (χ0) is 18.7. The monoisotopic (exact) mass is 358 g/mol. The zero-order valence-corrected chi connectivity index (χ0v) is 14.4. The van der Waals surface area contributed by atoms with E-state index < -0.39 is 17.5 Å². The molecule has 26 heavy (non-hydrogen) atoms. The number of halogens is 3. The van der Waals surface area contributed by atoms with E-state index in [0.717, 1.165) is 0 Å². The Morgan fingerprint density at radius 2 is 1.54 bits per heavy atom. The van der Waals surface area contributed by atoms with E-state index in [0.29, 0.717) is 17.7 Å². The molecule has 0 fully saturated rings. The Balaban J connectivity index is 1.99. The fourth-order valence-corrected chi connectivity index (χ4v) is 2.68. The summed E-state index contributed by atoms with van der Waals surface area (Å²) < 4.78 is 53.5. The molecule has 3 aromatic rings. The first-order valence-electron chi connectivity index (χ1n) is 8.10. The van der Waals surface area contributed by atoms with Crippen molar-refractivity contribution in [2.75, 3.05) is 13.7 Å². The summed E-state index contributed by atoms with van der Waals surface area (Å²) in [6.07, 6.45) is 0. The zero-order valence-electron chi connectivity index (χ0n) is 14.4. The van der Waals surface area contributed by atoms with E-state index >= 15 is 0 Å². The molecule has 3 aromatic carbocycles. The van der Waals surface area contributed by atoms with Crippen LogP contribution in [-0.4, -0.2) is 13.7 Å². The van der Waals surface area contributed by atoms with Crippen molar-refractivity contribution in [3.05, 3.63) is 71.5 Å². The van der Waals surface area contributed by atoms with Gasteiger partial charge in [0.1, 0.15) is 5.75 Å². The topological polar surface area (TPSA) is 18.5 Å². The van der Waals surface area contributed by atoms with Gasteiger partial charge in [-0.05, 0) is 48.7 Å². The Labute approximate surface area is 149 Å².